The normalized spacial score (nSPS) is 13.7. The van der Waals surface area contributed by atoms with Gasteiger partial charge in [0.05, 0.1) is 17.4 Å². The van der Waals surface area contributed by atoms with Crippen LogP contribution in [0.15, 0.2) is 35.3 Å². The summed E-state index contributed by atoms with van der Waals surface area (Å²) >= 11 is 0. The van der Waals surface area contributed by atoms with Crippen LogP contribution in [0.25, 0.3) is 0 Å². The number of sulfone groups is 1. The standard InChI is InChI=1S/C17H29N3O3S.HI/c1-5-18-16(20-13-17(2,3)24(4,22)23)19-12-11-15(21)14-9-7-6-8-10-14;/h6-10,15,21H,5,11-13H2,1-4H3,(H2,18,19,20);1H. The number of nitrogens with one attached hydrogen (secondary N) is 2. The molecule has 1 atom stereocenters. The number of aliphatic hydroxyl groups excluding tert-OH is 1. The Morgan fingerprint density at radius 3 is 2.36 bits per heavy atom. The molecule has 0 aliphatic rings. The van der Waals surface area contributed by atoms with Crippen molar-refractivity contribution in [3.05, 3.63) is 35.9 Å². The second kappa shape index (κ2) is 11.0. The monoisotopic (exact) mass is 483 g/mol. The van der Waals surface area contributed by atoms with Crippen molar-refractivity contribution in [1.29, 1.82) is 0 Å². The maximum absolute atomic E-state index is 11.7. The molecule has 0 aromatic heterocycles. The lowest BCUT2D eigenvalue weighted by Crippen LogP contribution is -2.41. The Labute approximate surface area is 168 Å². The summed E-state index contributed by atoms with van der Waals surface area (Å²) in [6.07, 6.45) is 1.21. The molecule has 1 aromatic rings. The number of benzene rings is 1. The van der Waals surface area contributed by atoms with Crippen molar-refractivity contribution in [2.75, 3.05) is 25.9 Å². The SMILES string of the molecule is CCNC(=NCC(C)(C)S(C)(=O)=O)NCCC(O)c1ccccc1.I. The number of aliphatic hydroxyl groups is 1. The third kappa shape index (κ3) is 8.37. The Hall–Kier alpha value is -0.870. The minimum Gasteiger partial charge on any atom is -0.388 e. The second-order valence-electron chi connectivity index (χ2n) is 6.37. The third-order valence-corrected chi connectivity index (χ3v) is 6.00. The number of hydrogen-bond donors (Lipinski definition) is 3. The van der Waals surface area contributed by atoms with E-state index in [-0.39, 0.29) is 30.5 Å². The first-order valence-electron chi connectivity index (χ1n) is 8.12. The summed E-state index contributed by atoms with van der Waals surface area (Å²) in [5.74, 6) is 0.550. The highest BCUT2D eigenvalue weighted by Gasteiger charge is 2.29. The summed E-state index contributed by atoms with van der Waals surface area (Å²) in [6, 6.07) is 9.47. The zero-order valence-corrected chi connectivity index (χ0v) is 18.5. The van der Waals surface area contributed by atoms with E-state index < -0.39 is 20.7 Å². The first-order valence-corrected chi connectivity index (χ1v) is 10.0. The lowest BCUT2D eigenvalue weighted by Gasteiger charge is -2.21. The van der Waals surface area contributed by atoms with E-state index in [1.54, 1.807) is 13.8 Å². The highest BCUT2D eigenvalue weighted by atomic mass is 127. The van der Waals surface area contributed by atoms with E-state index >= 15 is 0 Å². The zero-order chi connectivity index (χ0) is 18.2. The Morgan fingerprint density at radius 1 is 1.24 bits per heavy atom. The minimum absolute atomic E-state index is 0. The summed E-state index contributed by atoms with van der Waals surface area (Å²) < 4.78 is 22.6. The number of guanidine groups is 1. The first-order chi connectivity index (χ1) is 11.2. The lowest BCUT2D eigenvalue weighted by atomic mass is 10.1. The number of halogens is 1. The van der Waals surface area contributed by atoms with Gasteiger partial charge in [-0.15, -0.1) is 24.0 Å². The lowest BCUT2D eigenvalue weighted by molar-refractivity contribution is 0.168. The fourth-order valence-electron chi connectivity index (χ4n) is 1.90. The highest BCUT2D eigenvalue weighted by molar-refractivity contribution is 14.0. The first kappa shape index (κ1) is 24.1. The molecule has 144 valence electrons. The molecule has 0 aliphatic heterocycles. The largest absolute Gasteiger partial charge is 0.388 e. The van der Waals surface area contributed by atoms with Crippen LogP contribution in [0.4, 0.5) is 0 Å². The molecule has 8 heteroatoms. The van der Waals surface area contributed by atoms with E-state index in [2.05, 4.69) is 15.6 Å². The van der Waals surface area contributed by atoms with Gasteiger partial charge in [-0.3, -0.25) is 4.99 Å². The molecule has 25 heavy (non-hydrogen) atoms. The van der Waals surface area contributed by atoms with Gasteiger partial charge < -0.3 is 15.7 Å². The molecule has 0 saturated heterocycles. The Bertz CT molecular complexity index is 634. The van der Waals surface area contributed by atoms with Gasteiger partial charge in [0.2, 0.25) is 0 Å². The van der Waals surface area contributed by atoms with Gasteiger partial charge in [-0.1, -0.05) is 30.3 Å². The Morgan fingerprint density at radius 2 is 1.84 bits per heavy atom. The van der Waals surface area contributed by atoms with Crippen LogP contribution >= 0.6 is 24.0 Å². The van der Waals surface area contributed by atoms with E-state index in [1.807, 2.05) is 37.3 Å². The number of rotatable bonds is 8. The maximum Gasteiger partial charge on any atom is 0.191 e. The van der Waals surface area contributed by atoms with Gasteiger partial charge in [-0.2, -0.15) is 0 Å². The molecule has 6 nitrogen and oxygen atoms in total. The van der Waals surface area contributed by atoms with Crippen LogP contribution in [0.2, 0.25) is 0 Å². The van der Waals surface area contributed by atoms with Crippen LogP contribution < -0.4 is 10.6 Å². The van der Waals surface area contributed by atoms with E-state index in [4.69, 9.17) is 0 Å². The predicted octanol–water partition coefficient (Wildman–Crippen LogP) is 2.11. The quantitative estimate of drug-likeness (QED) is 0.300. The molecule has 1 aromatic carbocycles. The summed E-state index contributed by atoms with van der Waals surface area (Å²) in [7, 11) is -3.19. The van der Waals surface area contributed by atoms with Crippen LogP contribution in [0.5, 0.6) is 0 Å². The van der Waals surface area contributed by atoms with Gasteiger partial charge >= 0.3 is 0 Å². The van der Waals surface area contributed by atoms with Crippen LogP contribution in [0.3, 0.4) is 0 Å². The molecule has 0 aliphatic carbocycles. The van der Waals surface area contributed by atoms with Gasteiger partial charge in [-0.25, -0.2) is 8.42 Å². The van der Waals surface area contributed by atoms with Gasteiger partial charge in [0.25, 0.3) is 0 Å². The molecule has 3 N–H and O–H groups in total. The Kier molecular flexibility index (Phi) is 10.6. The van der Waals surface area contributed by atoms with Crippen molar-refractivity contribution in [2.45, 2.75) is 38.0 Å². The summed E-state index contributed by atoms with van der Waals surface area (Å²) in [4.78, 5) is 4.35. The topological polar surface area (TPSA) is 90.8 Å². The molecule has 1 unspecified atom stereocenters. The zero-order valence-electron chi connectivity index (χ0n) is 15.3. The fourth-order valence-corrected chi connectivity index (χ4v) is 2.20. The molecule has 0 heterocycles. The molecule has 0 spiro atoms. The second-order valence-corrected chi connectivity index (χ2v) is 9.02. The van der Waals surface area contributed by atoms with E-state index in [9.17, 15) is 13.5 Å². The van der Waals surface area contributed by atoms with E-state index in [1.165, 1.54) is 6.26 Å². The Balaban J connectivity index is 0.00000576. The molecule has 0 saturated carbocycles. The average Bonchev–Trinajstić information content (AvgIpc) is 2.52. The summed E-state index contributed by atoms with van der Waals surface area (Å²) in [5, 5.41) is 16.4. The van der Waals surface area contributed by atoms with Gasteiger partial charge in [0.1, 0.15) is 0 Å². The number of aliphatic imine (C=N–C) groups is 1. The van der Waals surface area contributed by atoms with Crippen LogP contribution in [-0.2, 0) is 9.84 Å². The van der Waals surface area contributed by atoms with E-state index in [0.29, 0.717) is 25.5 Å². The van der Waals surface area contributed by atoms with Crippen molar-refractivity contribution in [1.82, 2.24) is 10.6 Å². The van der Waals surface area contributed by atoms with Gasteiger partial charge in [0, 0.05) is 19.3 Å². The molecular weight excluding hydrogens is 453 g/mol. The van der Waals surface area contributed by atoms with Crippen LogP contribution in [0, 0.1) is 0 Å². The summed E-state index contributed by atoms with van der Waals surface area (Å²) in [6.45, 7) is 6.64. The van der Waals surface area contributed by atoms with Crippen molar-refractivity contribution < 1.29 is 13.5 Å². The predicted molar refractivity (Wildman–Crippen MR) is 114 cm³/mol. The average molecular weight is 483 g/mol. The number of nitrogens with zero attached hydrogens (tertiary/aromatic N) is 1. The molecular formula is C17H30IN3O3S. The maximum atomic E-state index is 11.7. The minimum atomic E-state index is -3.19. The fraction of sp³-hybridized carbons (Fsp3) is 0.588. The van der Waals surface area contributed by atoms with Gasteiger partial charge in [0.15, 0.2) is 15.8 Å². The van der Waals surface area contributed by atoms with Crippen LogP contribution in [-0.4, -0.2) is 50.1 Å². The third-order valence-electron chi connectivity index (χ3n) is 3.86. The summed E-state index contributed by atoms with van der Waals surface area (Å²) in [5.41, 5.74) is 0.874. The van der Waals surface area contributed by atoms with Crippen molar-refractivity contribution >= 4 is 39.8 Å². The van der Waals surface area contributed by atoms with E-state index in [0.717, 1.165) is 5.56 Å². The van der Waals surface area contributed by atoms with Gasteiger partial charge in [-0.05, 0) is 32.8 Å². The highest BCUT2D eigenvalue weighted by Crippen LogP contribution is 2.16. The smallest absolute Gasteiger partial charge is 0.191 e. The molecule has 0 amide bonds. The van der Waals surface area contributed by atoms with Crippen molar-refractivity contribution in [3.8, 4) is 0 Å². The molecule has 0 bridgehead atoms. The van der Waals surface area contributed by atoms with Crippen LogP contribution in [0.1, 0.15) is 38.9 Å². The number of hydrogen-bond acceptors (Lipinski definition) is 4. The van der Waals surface area contributed by atoms with Crippen molar-refractivity contribution in [2.24, 2.45) is 4.99 Å². The van der Waals surface area contributed by atoms with Crippen molar-refractivity contribution in [3.63, 3.8) is 0 Å². The molecule has 1 rings (SSSR count). The molecule has 0 fully saturated rings. The molecule has 0 radical (unpaired) electrons.